The molecule has 0 aliphatic carbocycles. The van der Waals surface area contributed by atoms with Crippen LogP contribution in [0.4, 0.5) is 5.69 Å². The number of hydrogen-bond donors (Lipinski definition) is 1. The van der Waals surface area contributed by atoms with Gasteiger partial charge in [-0.1, -0.05) is 64.8 Å². The molecule has 0 atom stereocenters. The second-order valence-corrected chi connectivity index (χ2v) is 7.66. The lowest BCUT2D eigenvalue weighted by Gasteiger charge is -2.09. The van der Waals surface area contributed by atoms with Gasteiger partial charge in [0.25, 0.3) is 0 Å². The summed E-state index contributed by atoms with van der Waals surface area (Å²) in [5.74, 6) is 0.663. The molecular weight excluding hydrogens is 427 g/mol. The average Bonchev–Trinajstić information content (AvgIpc) is 3.07. The summed E-state index contributed by atoms with van der Waals surface area (Å²) in [6.45, 7) is 2.66. The molecule has 5 nitrogen and oxygen atoms in total. The number of aromatic nitrogens is 3. The number of benzene rings is 2. The number of carbonyl (C=O) groups excluding carboxylic acids is 1. The Morgan fingerprint density at radius 3 is 2.67 bits per heavy atom. The molecule has 1 aromatic heterocycles. The van der Waals surface area contributed by atoms with Crippen LogP contribution in [0.2, 0.25) is 15.1 Å². The Balaban J connectivity index is 1.71. The molecule has 1 N–H and O–H groups in total. The van der Waals surface area contributed by atoms with Crippen LogP contribution in [0.25, 0.3) is 11.4 Å². The molecular formula is C18H15Cl3N4OS. The van der Waals surface area contributed by atoms with E-state index in [1.807, 2.05) is 29.7 Å². The van der Waals surface area contributed by atoms with Gasteiger partial charge in [0, 0.05) is 17.1 Å². The van der Waals surface area contributed by atoms with Crippen LogP contribution in [-0.2, 0) is 11.3 Å². The minimum Gasteiger partial charge on any atom is -0.324 e. The maximum atomic E-state index is 12.3. The highest BCUT2D eigenvalue weighted by Crippen LogP contribution is 2.30. The van der Waals surface area contributed by atoms with E-state index in [-0.39, 0.29) is 11.7 Å². The van der Waals surface area contributed by atoms with Crippen molar-refractivity contribution in [2.75, 3.05) is 11.1 Å². The molecule has 3 aromatic rings. The quantitative estimate of drug-likeness (QED) is 0.502. The van der Waals surface area contributed by atoms with Crippen LogP contribution < -0.4 is 5.32 Å². The Bertz CT molecular complexity index is 977. The zero-order chi connectivity index (χ0) is 19.4. The Morgan fingerprint density at radius 1 is 1.15 bits per heavy atom. The fourth-order valence-electron chi connectivity index (χ4n) is 2.44. The Morgan fingerprint density at radius 2 is 1.93 bits per heavy atom. The largest absolute Gasteiger partial charge is 0.324 e. The molecule has 2 aromatic carbocycles. The molecule has 0 saturated heterocycles. The monoisotopic (exact) mass is 440 g/mol. The molecule has 9 heteroatoms. The first-order chi connectivity index (χ1) is 13.0. The number of amides is 1. The molecule has 0 saturated carbocycles. The van der Waals surface area contributed by atoms with Crippen LogP contribution in [0.3, 0.4) is 0 Å². The summed E-state index contributed by atoms with van der Waals surface area (Å²) >= 11 is 19.4. The van der Waals surface area contributed by atoms with E-state index in [0.29, 0.717) is 38.3 Å². The summed E-state index contributed by atoms with van der Waals surface area (Å²) in [6.07, 6.45) is 0. The Labute approximate surface area is 176 Å². The fourth-order valence-corrected chi connectivity index (χ4v) is 3.78. The van der Waals surface area contributed by atoms with Crippen LogP contribution in [0.5, 0.6) is 0 Å². The van der Waals surface area contributed by atoms with Crippen molar-refractivity contribution in [3.63, 3.8) is 0 Å². The summed E-state index contributed by atoms with van der Waals surface area (Å²) in [7, 11) is 0. The van der Waals surface area contributed by atoms with E-state index in [1.165, 1.54) is 11.8 Å². The summed E-state index contributed by atoms with van der Waals surface area (Å²) in [6, 6.07) is 12.5. The smallest absolute Gasteiger partial charge is 0.234 e. The number of nitrogens with zero attached hydrogens (tertiary/aromatic N) is 3. The highest BCUT2D eigenvalue weighted by molar-refractivity contribution is 7.99. The molecule has 0 unspecified atom stereocenters. The predicted octanol–water partition coefficient (Wildman–Crippen LogP) is 5.66. The molecule has 0 bridgehead atoms. The standard InChI is InChI=1S/C18H15Cl3N4OS/c1-2-25-17(11-5-3-6-12(19)9-11)23-24-18(25)27-10-15(26)22-14-8-4-7-13(20)16(14)21/h3-9H,2,10H2,1H3,(H,22,26). The number of nitrogens with one attached hydrogen (secondary N) is 1. The van der Waals surface area contributed by atoms with Crippen molar-refractivity contribution >= 4 is 58.2 Å². The van der Waals surface area contributed by atoms with Gasteiger partial charge in [-0.15, -0.1) is 10.2 Å². The van der Waals surface area contributed by atoms with E-state index < -0.39 is 0 Å². The first-order valence-electron chi connectivity index (χ1n) is 8.05. The van der Waals surface area contributed by atoms with Crippen LogP contribution in [0.1, 0.15) is 6.92 Å². The average molecular weight is 442 g/mol. The summed E-state index contributed by atoms with van der Waals surface area (Å²) in [5, 5.41) is 13.2. The van der Waals surface area contributed by atoms with Crippen molar-refractivity contribution in [3.05, 3.63) is 57.5 Å². The molecule has 1 amide bonds. The van der Waals surface area contributed by atoms with Gasteiger partial charge >= 0.3 is 0 Å². The second kappa shape index (κ2) is 8.97. The number of anilines is 1. The van der Waals surface area contributed by atoms with Crippen molar-refractivity contribution < 1.29 is 4.79 Å². The lowest BCUT2D eigenvalue weighted by Crippen LogP contribution is -2.15. The molecule has 0 fully saturated rings. The highest BCUT2D eigenvalue weighted by atomic mass is 35.5. The molecule has 140 valence electrons. The lowest BCUT2D eigenvalue weighted by molar-refractivity contribution is -0.113. The van der Waals surface area contributed by atoms with Gasteiger partial charge in [-0.05, 0) is 31.2 Å². The van der Waals surface area contributed by atoms with E-state index in [9.17, 15) is 4.79 Å². The first-order valence-corrected chi connectivity index (χ1v) is 10.2. The molecule has 0 radical (unpaired) electrons. The van der Waals surface area contributed by atoms with Gasteiger partial charge in [0.05, 0.1) is 21.5 Å². The maximum Gasteiger partial charge on any atom is 0.234 e. The maximum absolute atomic E-state index is 12.3. The zero-order valence-electron chi connectivity index (χ0n) is 14.2. The van der Waals surface area contributed by atoms with Crippen LogP contribution in [0, 0.1) is 0 Å². The van der Waals surface area contributed by atoms with Crippen molar-refractivity contribution in [1.29, 1.82) is 0 Å². The molecule has 0 aliphatic heterocycles. The lowest BCUT2D eigenvalue weighted by atomic mass is 10.2. The number of thioether (sulfide) groups is 1. The zero-order valence-corrected chi connectivity index (χ0v) is 17.3. The van der Waals surface area contributed by atoms with Gasteiger partial charge in [-0.3, -0.25) is 4.79 Å². The predicted molar refractivity (Wildman–Crippen MR) is 112 cm³/mol. The van der Waals surface area contributed by atoms with Gasteiger partial charge in [0.1, 0.15) is 0 Å². The number of rotatable bonds is 6. The first kappa shape index (κ1) is 20.0. The third-order valence-corrected chi connectivity index (χ3v) is 5.69. The Hall–Kier alpha value is -1.73. The number of halogens is 3. The SMILES string of the molecule is CCn1c(SCC(=O)Nc2cccc(Cl)c2Cl)nnc1-c1cccc(Cl)c1. The molecule has 0 aliphatic rings. The van der Waals surface area contributed by atoms with Crippen molar-refractivity contribution in [1.82, 2.24) is 14.8 Å². The fraction of sp³-hybridized carbons (Fsp3) is 0.167. The minimum atomic E-state index is -0.209. The van der Waals surface area contributed by atoms with Crippen molar-refractivity contribution in [2.45, 2.75) is 18.6 Å². The van der Waals surface area contributed by atoms with Gasteiger partial charge in [0.15, 0.2) is 11.0 Å². The molecule has 3 rings (SSSR count). The van der Waals surface area contributed by atoms with Crippen LogP contribution in [-0.4, -0.2) is 26.4 Å². The topological polar surface area (TPSA) is 59.8 Å². The third kappa shape index (κ3) is 4.76. The van der Waals surface area contributed by atoms with Crippen LogP contribution >= 0.6 is 46.6 Å². The highest BCUT2D eigenvalue weighted by Gasteiger charge is 2.15. The number of carbonyl (C=O) groups is 1. The van der Waals surface area contributed by atoms with E-state index in [1.54, 1.807) is 24.3 Å². The van der Waals surface area contributed by atoms with Gasteiger partial charge in [-0.25, -0.2) is 0 Å². The van der Waals surface area contributed by atoms with Crippen LogP contribution in [0.15, 0.2) is 47.6 Å². The minimum absolute atomic E-state index is 0.163. The Kier molecular flexibility index (Phi) is 6.65. The van der Waals surface area contributed by atoms with E-state index in [2.05, 4.69) is 15.5 Å². The molecule has 0 spiro atoms. The summed E-state index contributed by atoms with van der Waals surface area (Å²) in [4.78, 5) is 12.3. The molecule has 27 heavy (non-hydrogen) atoms. The normalized spacial score (nSPS) is 10.8. The van der Waals surface area contributed by atoms with E-state index in [4.69, 9.17) is 34.8 Å². The number of hydrogen-bond acceptors (Lipinski definition) is 4. The van der Waals surface area contributed by atoms with Gasteiger partial charge in [-0.2, -0.15) is 0 Å². The van der Waals surface area contributed by atoms with Crippen molar-refractivity contribution in [3.8, 4) is 11.4 Å². The van der Waals surface area contributed by atoms with Crippen molar-refractivity contribution in [2.24, 2.45) is 0 Å². The van der Waals surface area contributed by atoms with E-state index in [0.717, 1.165) is 5.56 Å². The molecule has 1 heterocycles. The van der Waals surface area contributed by atoms with Gasteiger partial charge < -0.3 is 9.88 Å². The summed E-state index contributed by atoms with van der Waals surface area (Å²) < 4.78 is 1.94. The summed E-state index contributed by atoms with van der Waals surface area (Å²) in [5.41, 5.74) is 1.35. The second-order valence-electron chi connectivity index (χ2n) is 5.50. The third-order valence-electron chi connectivity index (χ3n) is 3.67. The van der Waals surface area contributed by atoms with Gasteiger partial charge in [0.2, 0.25) is 5.91 Å². The van der Waals surface area contributed by atoms with E-state index >= 15 is 0 Å².